The van der Waals surface area contributed by atoms with Crippen LogP contribution in [0.2, 0.25) is 0 Å². The molecule has 0 radical (unpaired) electrons. The van der Waals surface area contributed by atoms with Crippen molar-refractivity contribution < 1.29 is 27.4 Å². The van der Waals surface area contributed by atoms with Crippen LogP contribution < -0.4 is 24.2 Å². The van der Waals surface area contributed by atoms with Crippen molar-refractivity contribution >= 4 is 15.9 Å². The van der Waals surface area contributed by atoms with Gasteiger partial charge in [0.2, 0.25) is 21.7 Å². The Bertz CT molecular complexity index is 650. The fraction of sp³-hybridized carbons (Fsp3) is 0.533. The Morgan fingerprint density at radius 1 is 1.12 bits per heavy atom. The number of ether oxygens (including phenoxy) is 3. The van der Waals surface area contributed by atoms with Gasteiger partial charge in [-0.15, -0.1) is 0 Å². The molecule has 2 N–H and O–H groups in total. The molecule has 0 saturated heterocycles. The van der Waals surface area contributed by atoms with E-state index in [0.717, 1.165) is 11.8 Å². The van der Waals surface area contributed by atoms with Crippen LogP contribution in [0.15, 0.2) is 12.1 Å². The van der Waals surface area contributed by atoms with Gasteiger partial charge in [-0.2, -0.15) is 0 Å². The summed E-state index contributed by atoms with van der Waals surface area (Å²) >= 11 is 0. The van der Waals surface area contributed by atoms with Crippen LogP contribution in [0.5, 0.6) is 17.2 Å². The molecule has 1 atom stereocenters. The quantitative estimate of drug-likeness (QED) is 0.676. The molecule has 0 aliphatic carbocycles. The molecular weight excluding hydrogens is 336 g/mol. The number of amides is 1. The lowest BCUT2D eigenvalue weighted by Gasteiger charge is -2.18. The number of benzene rings is 1. The average molecular weight is 360 g/mol. The van der Waals surface area contributed by atoms with E-state index in [1.807, 2.05) is 6.92 Å². The molecule has 0 aromatic heterocycles. The molecule has 0 fully saturated rings. The van der Waals surface area contributed by atoms with Crippen molar-refractivity contribution in [2.24, 2.45) is 0 Å². The molecular formula is C15H24N2O6S. The number of carbonyl (C=O) groups is 1. The topological polar surface area (TPSA) is 103 Å². The minimum atomic E-state index is -3.30. The van der Waals surface area contributed by atoms with E-state index in [4.69, 9.17) is 14.2 Å². The van der Waals surface area contributed by atoms with Gasteiger partial charge in [0, 0.05) is 13.0 Å². The molecule has 24 heavy (non-hydrogen) atoms. The summed E-state index contributed by atoms with van der Waals surface area (Å²) in [5.41, 5.74) is 0.772. The fourth-order valence-electron chi connectivity index (χ4n) is 2.10. The Kier molecular flexibility index (Phi) is 7.30. The Morgan fingerprint density at radius 2 is 1.67 bits per heavy atom. The van der Waals surface area contributed by atoms with Gasteiger partial charge < -0.3 is 19.5 Å². The second-order valence-electron chi connectivity index (χ2n) is 5.16. The van der Waals surface area contributed by atoms with E-state index >= 15 is 0 Å². The van der Waals surface area contributed by atoms with Crippen LogP contribution in [0, 0.1) is 0 Å². The first kappa shape index (κ1) is 20.0. The number of hydrogen-bond acceptors (Lipinski definition) is 6. The maximum atomic E-state index is 11.9. The lowest BCUT2D eigenvalue weighted by Crippen LogP contribution is -2.31. The highest BCUT2D eigenvalue weighted by molar-refractivity contribution is 7.88. The first-order valence-electron chi connectivity index (χ1n) is 7.25. The van der Waals surface area contributed by atoms with Gasteiger partial charge in [-0.3, -0.25) is 4.79 Å². The van der Waals surface area contributed by atoms with Crippen molar-refractivity contribution in [2.75, 3.05) is 34.1 Å². The zero-order valence-corrected chi connectivity index (χ0v) is 15.3. The molecule has 1 aromatic carbocycles. The highest BCUT2D eigenvalue weighted by Gasteiger charge is 2.17. The van der Waals surface area contributed by atoms with Gasteiger partial charge in [0.05, 0.1) is 33.6 Å². The summed E-state index contributed by atoms with van der Waals surface area (Å²) < 4.78 is 40.0. The normalized spacial score (nSPS) is 12.4. The van der Waals surface area contributed by atoms with Gasteiger partial charge in [0.15, 0.2) is 11.5 Å². The number of sulfonamides is 1. The summed E-state index contributed by atoms with van der Waals surface area (Å²) in [6.07, 6.45) is 1.09. The van der Waals surface area contributed by atoms with Gasteiger partial charge in [-0.1, -0.05) is 0 Å². The Hall–Kier alpha value is -2.00. The van der Waals surface area contributed by atoms with Crippen LogP contribution >= 0.6 is 0 Å². The molecule has 0 unspecified atom stereocenters. The largest absolute Gasteiger partial charge is 0.493 e. The van der Waals surface area contributed by atoms with E-state index in [1.165, 1.54) is 21.3 Å². The number of nitrogens with one attached hydrogen (secondary N) is 2. The fourth-order valence-corrected chi connectivity index (χ4v) is 2.57. The van der Waals surface area contributed by atoms with Crippen LogP contribution in [-0.4, -0.2) is 48.5 Å². The predicted molar refractivity (Wildman–Crippen MR) is 90.1 cm³/mol. The standard InChI is InChI=1S/C15H24N2O6S/c1-10(17-14(18)6-7-16-24(5,19)20)11-8-12(21-2)15(23-4)13(9-11)22-3/h8-10,16H,6-7H2,1-5H3,(H,17,18)/t10-/m0/s1. The monoisotopic (exact) mass is 360 g/mol. The summed E-state index contributed by atoms with van der Waals surface area (Å²) in [6.45, 7) is 1.86. The highest BCUT2D eigenvalue weighted by atomic mass is 32.2. The van der Waals surface area contributed by atoms with E-state index in [1.54, 1.807) is 12.1 Å². The summed E-state index contributed by atoms with van der Waals surface area (Å²) in [4.78, 5) is 11.9. The number of rotatable bonds is 9. The maximum Gasteiger partial charge on any atom is 0.221 e. The van der Waals surface area contributed by atoms with E-state index in [-0.39, 0.29) is 24.9 Å². The van der Waals surface area contributed by atoms with Gasteiger partial charge >= 0.3 is 0 Å². The third kappa shape index (κ3) is 5.89. The Morgan fingerprint density at radius 3 is 2.08 bits per heavy atom. The minimum absolute atomic E-state index is 0.0435. The van der Waals surface area contributed by atoms with E-state index in [0.29, 0.717) is 17.2 Å². The Balaban J connectivity index is 2.80. The molecule has 9 heteroatoms. The lowest BCUT2D eigenvalue weighted by molar-refractivity contribution is -0.121. The van der Waals surface area contributed by atoms with Crippen LogP contribution in [0.3, 0.4) is 0 Å². The smallest absolute Gasteiger partial charge is 0.221 e. The highest BCUT2D eigenvalue weighted by Crippen LogP contribution is 2.39. The van der Waals surface area contributed by atoms with Crippen molar-refractivity contribution in [3.8, 4) is 17.2 Å². The van der Waals surface area contributed by atoms with Crippen molar-refractivity contribution in [1.29, 1.82) is 0 Å². The predicted octanol–water partition coefficient (Wildman–Crippen LogP) is 0.829. The summed E-state index contributed by atoms with van der Waals surface area (Å²) in [5.74, 6) is 1.19. The zero-order valence-electron chi connectivity index (χ0n) is 14.5. The van der Waals surface area contributed by atoms with Crippen molar-refractivity contribution in [3.05, 3.63) is 17.7 Å². The molecule has 0 spiro atoms. The van der Waals surface area contributed by atoms with Gasteiger partial charge in [0.25, 0.3) is 0 Å². The molecule has 8 nitrogen and oxygen atoms in total. The molecule has 0 heterocycles. The van der Waals surface area contributed by atoms with Gasteiger partial charge in [0.1, 0.15) is 0 Å². The van der Waals surface area contributed by atoms with E-state index < -0.39 is 10.0 Å². The SMILES string of the molecule is COc1cc([C@H](C)NC(=O)CCNS(C)(=O)=O)cc(OC)c1OC. The van der Waals surface area contributed by atoms with Crippen molar-refractivity contribution in [1.82, 2.24) is 10.0 Å². The lowest BCUT2D eigenvalue weighted by atomic mass is 10.1. The van der Waals surface area contributed by atoms with Crippen LogP contribution in [0.4, 0.5) is 0 Å². The molecule has 1 amide bonds. The number of carbonyl (C=O) groups excluding carboxylic acids is 1. The molecule has 0 bridgehead atoms. The maximum absolute atomic E-state index is 11.9. The molecule has 0 aliphatic heterocycles. The van der Waals surface area contributed by atoms with Crippen LogP contribution in [-0.2, 0) is 14.8 Å². The van der Waals surface area contributed by atoms with Crippen LogP contribution in [0.25, 0.3) is 0 Å². The first-order valence-corrected chi connectivity index (χ1v) is 9.14. The van der Waals surface area contributed by atoms with Gasteiger partial charge in [-0.25, -0.2) is 13.1 Å². The summed E-state index contributed by atoms with van der Waals surface area (Å²) in [5, 5.41) is 2.80. The second-order valence-corrected chi connectivity index (χ2v) is 7.00. The second kappa shape index (κ2) is 8.74. The van der Waals surface area contributed by atoms with Crippen LogP contribution in [0.1, 0.15) is 24.9 Å². The zero-order chi connectivity index (χ0) is 18.3. The molecule has 1 rings (SSSR count). The summed E-state index contributed by atoms with van der Waals surface area (Å²) in [7, 11) is 1.24. The summed E-state index contributed by atoms with van der Waals surface area (Å²) in [6, 6.07) is 3.19. The van der Waals surface area contributed by atoms with Crippen molar-refractivity contribution in [3.63, 3.8) is 0 Å². The molecule has 0 aliphatic rings. The van der Waals surface area contributed by atoms with E-state index in [9.17, 15) is 13.2 Å². The number of methoxy groups -OCH3 is 3. The first-order chi connectivity index (χ1) is 11.2. The Labute approximate surface area is 142 Å². The minimum Gasteiger partial charge on any atom is -0.493 e. The number of hydrogen-bond donors (Lipinski definition) is 2. The molecule has 1 aromatic rings. The molecule has 0 saturated carbocycles. The third-order valence-electron chi connectivity index (χ3n) is 3.28. The molecule has 136 valence electrons. The van der Waals surface area contributed by atoms with Gasteiger partial charge in [-0.05, 0) is 24.6 Å². The third-order valence-corrected chi connectivity index (χ3v) is 4.01. The average Bonchev–Trinajstić information content (AvgIpc) is 2.51. The van der Waals surface area contributed by atoms with Crippen molar-refractivity contribution in [2.45, 2.75) is 19.4 Å². The van der Waals surface area contributed by atoms with E-state index in [2.05, 4.69) is 10.0 Å².